The Labute approximate surface area is 109 Å². The Hall–Kier alpha value is -0.870. The van der Waals surface area contributed by atoms with E-state index in [1.807, 2.05) is 6.92 Å². The van der Waals surface area contributed by atoms with Crippen LogP contribution in [0.3, 0.4) is 0 Å². The van der Waals surface area contributed by atoms with Crippen LogP contribution in [0, 0.1) is 18.8 Å². The molecule has 18 heavy (non-hydrogen) atoms. The van der Waals surface area contributed by atoms with Gasteiger partial charge in [-0.25, -0.2) is 0 Å². The summed E-state index contributed by atoms with van der Waals surface area (Å²) in [6.07, 6.45) is 3.41. The van der Waals surface area contributed by atoms with Crippen LogP contribution < -0.4 is 0 Å². The molecule has 0 aliphatic heterocycles. The first-order valence-corrected chi connectivity index (χ1v) is 7.90. The summed E-state index contributed by atoms with van der Waals surface area (Å²) in [6, 6.07) is 6.77. The maximum absolute atomic E-state index is 12.0. The Balaban J connectivity index is 2.00. The van der Waals surface area contributed by atoms with Gasteiger partial charge in [0.05, 0.1) is 11.5 Å². The Kier molecular flexibility index (Phi) is 4.07. The minimum atomic E-state index is -3.59. The molecule has 0 heterocycles. The summed E-state index contributed by atoms with van der Waals surface area (Å²) in [5.74, 6) is 1.05. The number of hydrogen-bond acceptors (Lipinski definition) is 3. The lowest BCUT2D eigenvalue weighted by atomic mass is 10.0. The molecule has 0 N–H and O–H groups in total. The van der Waals surface area contributed by atoms with Crippen molar-refractivity contribution in [1.29, 1.82) is 0 Å². The van der Waals surface area contributed by atoms with Gasteiger partial charge in [0.1, 0.15) is 0 Å². The van der Waals surface area contributed by atoms with Crippen LogP contribution in [0.15, 0.2) is 29.2 Å². The van der Waals surface area contributed by atoms with E-state index in [-0.39, 0.29) is 4.90 Å². The normalized spacial score (nSPS) is 17.7. The van der Waals surface area contributed by atoms with Crippen LogP contribution in [0.4, 0.5) is 0 Å². The first-order chi connectivity index (χ1) is 8.53. The Bertz CT molecular complexity index is 486. The molecule has 1 aliphatic carbocycles. The monoisotopic (exact) mass is 268 g/mol. The second-order valence-corrected chi connectivity index (χ2v) is 6.67. The van der Waals surface area contributed by atoms with Gasteiger partial charge in [0.2, 0.25) is 0 Å². The molecular weight excluding hydrogens is 248 g/mol. The van der Waals surface area contributed by atoms with Gasteiger partial charge in [0, 0.05) is 0 Å². The third-order valence-electron chi connectivity index (χ3n) is 3.56. The number of rotatable bonds is 6. The van der Waals surface area contributed by atoms with Crippen molar-refractivity contribution in [2.75, 3.05) is 6.61 Å². The average Bonchev–Trinajstić information content (AvgIpc) is 3.15. The van der Waals surface area contributed by atoms with Crippen LogP contribution in [0.1, 0.15) is 31.7 Å². The molecule has 1 unspecified atom stereocenters. The Morgan fingerprint density at radius 3 is 2.39 bits per heavy atom. The molecule has 0 aromatic heterocycles. The van der Waals surface area contributed by atoms with Gasteiger partial charge in [0.15, 0.2) is 0 Å². The second kappa shape index (κ2) is 5.41. The van der Waals surface area contributed by atoms with E-state index in [2.05, 4.69) is 6.92 Å². The van der Waals surface area contributed by atoms with Crippen LogP contribution >= 0.6 is 0 Å². The van der Waals surface area contributed by atoms with E-state index < -0.39 is 10.1 Å². The number of aryl methyl sites for hydroxylation is 1. The SMILES string of the molecule is CCC(COS(=O)(=O)c1ccc(C)cc1)C1CC1. The van der Waals surface area contributed by atoms with E-state index in [9.17, 15) is 8.42 Å². The first-order valence-electron chi connectivity index (χ1n) is 6.49. The van der Waals surface area contributed by atoms with Crippen LogP contribution in [-0.4, -0.2) is 15.0 Å². The zero-order chi connectivity index (χ0) is 13.2. The number of hydrogen-bond donors (Lipinski definition) is 0. The molecule has 1 aromatic carbocycles. The van der Waals surface area contributed by atoms with Gasteiger partial charge in [-0.2, -0.15) is 8.42 Å². The molecular formula is C14H20O3S. The van der Waals surface area contributed by atoms with Gasteiger partial charge in [-0.3, -0.25) is 4.18 Å². The molecule has 0 bridgehead atoms. The summed E-state index contributed by atoms with van der Waals surface area (Å²) in [5, 5.41) is 0. The summed E-state index contributed by atoms with van der Waals surface area (Å²) in [7, 11) is -3.59. The topological polar surface area (TPSA) is 43.4 Å². The highest BCUT2D eigenvalue weighted by atomic mass is 32.2. The standard InChI is InChI=1S/C14H20O3S/c1-3-12(13-6-7-13)10-17-18(15,16)14-8-4-11(2)5-9-14/h4-5,8-9,12-13H,3,6-7,10H2,1-2H3. The fraction of sp³-hybridized carbons (Fsp3) is 0.571. The highest BCUT2D eigenvalue weighted by molar-refractivity contribution is 7.86. The van der Waals surface area contributed by atoms with Crippen molar-refractivity contribution in [3.8, 4) is 0 Å². The Morgan fingerprint density at radius 2 is 1.89 bits per heavy atom. The zero-order valence-electron chi connectivity index (χ0n) is 10.9. The van der Waals surface area contributed by atoms with Crippen LogP contribution in [0.25, 0.3) is 0 Å². The fourth-order valence-electron chi connectivity index (χ4n) is 2.10. The quantitative estimate of drug-likeness (QED) is 0.744. The predicted octanol–water partition coefficient (Wildman–Crippen LogP) is 3.14. The van der Waals surface area contributed by atoms with Crippen molar-refractivity contribution in [2.45, 2.75) is 38.0 Å². The minimum Gasteiger partial charge on any atom is -0.266 e. The summed E-state index contributed by atoms with van der Waals surface area (Å²) < 4.78 is 29.2. The van der Waals surface area contributed by atoms with Crippen molar-refractivity contribution in [1.82, 2.24) is 0 Å². The summed E-state index contributed by atoms with van der Waals surface area (Å²) >= 11 is 0. The van der Waals surface area contributed by atoms with Gasteiger partial charge in [-0.1, -0.05) is 31.0 Å². The molecule has 4 heteroatoms. The molecule has 0 spiro atoms. The van der Waals surface area contributed by atoms with Gasteiger partial charge >= 0.3 is 0 Å². The van der Waals surface area contributed by atoms with E-state index in [4.69, 9.17) is 4.18 Å². The fourth-order valence-corrected chi connectivity index (χ4v) is 3.06. The maximum atomic E-state index is 12.0. The predicted molar refractivity (Wildman–Crippen MR) is 70.8 cm³/mol. The largest absolute Gasteiger partial charge is 0.296 e. The molecule has 100 valence electrons. The highest BCUT2D eigenvalue weighted by Gasteiger charge is 2.31. The smallest absolute Gasteiger partial charge is 0.266 e. The lowest BCUT2D eigenvalue weighted by Gasteiger charge is -2.13. The third-order valence-corrected chi connectivity index (χ3v) is 4.86. The van der Waals surface area contributed by atoms with E-state index in [1.54, 1.807) is 24.3 Å². The van der Waals surface area contributed by atoms with Crippen molar-refractivity contribution < 1.29 is 12.6 Å². The van der Waals surface area contributed by atoms with Gasteiger partial charge in [0.25, 0.3) is 10.1 Å². The first kappa shape index (κ1) is 13.6. The molecule has 2 rings (SSSR count). The Morgan fingerprint density at radius 1 is 1.28 bits per heavy atom. The third kappa shape index (κ3) is 3.33. The maximum Gasteiger partial charge on any atom is 0.296 e. The number of benzene rings is 1. The lowest BCUT2D eigenvalue weighted by molar-refractivity contribution is 0.232. The van der Waals surface area contributed by atoms with Crippen LogP contribution in [0.2, 0.25) is 0 Å². The van der Waals surface area contributed by atoms with E-state index in [0.29, 0.717) is 18.4 Å². The van der Waals surface area contributed by atoms with Gasteiger partial charge in [-0.05, 0) is 43.7 Å². The van der Waals surface area contributed by atoms with Crippen molar-refractivity contribution in [2.24, 2.45) is 11.8 Å². The van der Waals surface area contributed by atoms with Gasteiger partial charge in [-0.15, -0.1) is 0 Å². The molecule has 1 fully saturated rings. The summed E-state index contributed by atoms with van der Waals surface area (Å²) in [5.41, 5.74) is 1.04. The van der Waals surface area contributed by atoms with Gasteiger partial charge < -0.3 is 0 Å². The lowest BCUT2D eigenvalue weighted by Crippen LogP contribution is -2.15. The molecule has 1 aromatic rings. The van der Waals surface area contributed by atoms with E-state index in [1.165, 1.54) is 12.8 Å². The van der Waals surface area contributed by atoms with E-state index in [0.717, 1.165) is 12.0 Å². The summed E-state index contributed by atoms with van der Waals surface area (Å²) in [4.78, 5) is 0.249. The molecule has 3 nitrogen and oxygen atoms in total. The van der Waals surface area contributed by atoms with Crippen molar-refractivity contribution in [3.05, 3.63) is 29.8 Å². The zero-order valence-corrected chi connectivity index (χ0v) is 11.7. The highest BCUT2D eigenvalue weighted by Crippen LogP contribution is 2.38. The molecule has 1 aliphatic rings. The second-order valence-electron chi connectivity index (χ2n) is 5.06. The van der Waals surface area contributed by atoms with Crippen molar-refractivity contribution >= 4 is 10.1 Å². The van der Waals surface area contributed by atoms with Crippen molar-refractivity contribution in [3.63, 3.8) is 0 Å². The molecule has 0 saturated heterocycles. The molecule has 0 radical (unpaired) electrons. The average molecular weight is 268 g/mol. The van der Waals surface area contributed by atoms with Crippen LogP contribution in [-0.2, 0) is 14.3 Å². The molecule has 0 amide bonds. The summed E-state index contributed by atoms with van der Waals surface area (Å²) in [6.45, 7) is 4.33. The van der Waals surface area contributed by atoms with E-state index >= 15 is 0 Å². The minimum absolute atomic E-state index is 0.249. The van der Waals surface area contributed by atoms with Crippen LogP contribution in [0.5, 0.6) is 0 Å². The molecule has 1 saturated carbocycles. The molecule has 1 atom stereocenters.